The number of likely N-dealkylation sites (tertiary alicyclic amines) is 1. The van der Waals surface area contributed by atoms with Crippen LogP contribution in [-0.4, -0.2) is 47.5 Å². The first-order chi connectivity index (χ1) is 18.3. The fraction of sp³-hybridized carbons (Fsp3) is 0.286. The molecule has 0 aliphatic carbocycles. The number of pyridine rings is 1. The van der Waals surface area contributed by atoms with E-state index in [4.69, 9.17) is 4.74 Å². The van der Waals surface area contributed by atoms with E-state index in [2.05, 4.69) is 16.0 Å². The Kier molecular flexibility index (Phi) is 6.87. The molecule has 0 saturated carbocycles. The molecule has 2 aliphatic rings. The van der Waals surface area contributed by atoms with E-state index in [-0.39, 0.29) is 34.9 Å². The second-order valence-corrected chi connectivity index (χ2v) is 9.66. The average molecular weight is 516 g/mol. The van der Waals surface area contributed by atoms with Crippen molar-refractivity contribution in [2.75, 3.05) is 36.1 Å². The lowest BCUT2D eigenvalue weighted by Gasteiger charge is -2.42. The molecule has 2 aromatic carbocycles. The van der Waals surface area contributed by atoms with E-state index in [1.807, 2.05) is 6.07 Å². The van der Waals surface area contributed by atoms with Gasteiger partial charge in [-0.1, -0.05) is 0 Å². The molecule has 38 heavy (non-hydrogen) atoms. The van der Waals surface area contributed by atoms with Gasteiger partial charge in [-0.3, -0.25) is 9.59 Å². The van der Waals surface area contributed by atoms with Crippen molar-refractivity contribution in [1.82, 2.24) is 9.47 Å². The smallest absolute Gasteiger partial charge is 0.323 e. The molecule has 1 aromatic heterocycles. The van der Waals surface area contributed by atoms with Crippen LogP contribution in [0, 0.1) is 5.92 Å². The van der Waals surface area contributed by atoms with Gasteiger partial charge in [0.25, 0.3) is 5.56 Å². The Morgan fingerprint density at radius 1 is 0.842 bits per heavy atom. The first-order valence-corrected chi connectivity index (χ1v) is 12.4. The lowest BCUT2D eigenvalue weighted by Crippen LogP contribution is -2.50. The van der Waals surface area contributed by atoms with Crippen molar-refractivity contribution in [3.8, 4) is 5.75 Å². The van der Waals surface area contributed by atoms with Gasteiger partial charge < -0.3 is 30.2 Å². The number of carbonyl (C=O) groups is 3. The molecule has 3 N–H and O–H groups in total. The second-order valence-electron chi connectivity index (χ2n) is 9.66. The lowest BCUT2D eigenvalue weighted by molar-refractivity contribution is 0.101. The molecule has 3 heterocycles. The Bertz CT molecular complexity index is 1430. The normalized spacial score (nSPS) is 17.7. The average Bonchev–Trinajstić information content (AvgIpc) is 2.91. The van der Waals surface area contributed by atoms with Gasteiger partial charge in [0.1, 0.15) is 11.4 Å². The Balaban J connectivity index is 1.25. The Hall–Kier alpha value is -4.60. The van der Waals surface area contributed by atoms with Crippen molar-refractivity contribution in [3.63, 3.8) is 0 Å². The molecule has 10 heteroatoms. The number of nitrogens with one attached hydrogen (secondary N) is 3. The quantitative estimate of drug-likeness (QED) is 0.436. The molecule has 4 amide bonds. The van der Waals surface area contributed by atoms with E-state index < -0.39 is 6.03 Å². The van der Waals surface area contributed by atoms with Crippen molar-refractivity contribution < 1.29 is 19.1 Å². The van der Waals surface area contributed by atoms with Crippen LogP contribution in [0.1, 0.15) is 35.3 Å². The number of hydrogen-bond acceptors (Lipinski definition) is 5. The topological polar surface area (TPSA) is 122 Å². The molecule has 3 aromatic rings. The van der Waals surface area contributed by atoms with Crippen molar-refractivity contribution in [2.45, 2.75) is 25.8 Å². The summed E-state index contributed by atoms with van der Waals surface area (Å²) in [6.07, 6.45) is 0.898. The SMILES string of the molecule is COc1ccc(NC(=O)N2CC3CC(C2)c2ccc(NC(=O)Nc4ccc(C(C)=O)cc4)c(=O)n2C3)cc1. The number of hydrogen-bond donors (Lipinski definition) is 3. The minimum atomic E-state index is -0.546. The van der Waals surface area contributed by atoms with Crippen LogP contribution in [-0.2, 0) is 6.54 Å². The van der Waals surface area contributed by atoms with Crippen molar-refractivity contribution >= 4 is 34.9 Å². The Labute approximate surface area is 219 Å². The number of ether oxygens (including phenoxy) is 1. The monoisotopic (exact) mass is 515 g/mol. The fourth-order valence-electron chi connectivity index (χ4n) is 5.16. The summed E-state index contributed by atoms with van der Waals surface area (Å²) in [6.45, 7) is 2.99. The zero-order chi connectivity index (χ0) is 26.8. The Morgan fingerprint density at radius 3 is 2.21 bits per heavy atom. The number of urea groups is 2. The third kappa shape index (κ3) is 5.24. The standard InChI is InChI=1S/C28H29N5O5/c1-17(34)19-3-5-21(6-4-19)29-27(36)31-24-11-12-25-20-13-18(15-33(25)26(24)35)14-32(16-20)28(37)30-22-7-9-23(38-2)10-8-22/h3-12,18,20H,13-16H2,1-2H3,(H,30,37)(H2,29,31,36). The molecule has 196 valence electrons. The van der Waals surface area contributed by atoms with E-state index in [1.54, 1.807) is 71.2 Å². The van der Waals surface area contributed by atoms with Crippen LogP contribution in [0.2, 0.25) is 0 Å². The summed E-state index contributed by atoms with van der Waals surface area (Å²) in [5, 5.41) is 8.26. The molecular formula is C28H29N5O5. The summed E-state index contributed by atoms with van der Waals surface area (Å²) < 4.78 is 6.88. The van der Waals surface area contributed by atoms with Crippen LogP contribution in [0.25, 0.3) is 0 Å². The number of carbonyl (C=O) groups excluding carboxylic acids is 3. The van der Waals surface area contributed by atoms with Crippen LogP contribution in [0.4, 0.5) is 26.7 Å². The van der Waals surface area contributed by atoms with Crippen molar-refractivity contribution in [1.29, 1.82) is 0 Å². The maximum absolute atomic E-state index is 13.2. The highest BCUT2D eigenvalue weighted by atomic mass is 16.5. The van der Waals surface area contributed by atoms with Crippen LogP contribution in [0.15, 0.2) is 65.5 Å². The molecular weight excluding hydrogens is 486 g/mol. The summed E-state index contributed by atoms with van der Waals surface area (Å²) in [6, 6.07) is 16.4. The summed E-state index contributed by atoms with van der Waals surface area (Å²) in [4.78, 5) is 51.9. The third-order valence-corrected chi connectivity index (χ3v) is 7.03. The van der Waals surface area contributed by atoms with Gasteiger partial charge in [-0.05, 0) is 79.9 Å². The van der Waals surface area contributed by atoms with Gasteiger partial charge in [-0.25, -0.2) is 9.59 Å². The summed E-state index contributed by atoms with van der Waals surface area (Å²) >= 11 is 0. The van der Waals surface area contributed by atoms with Gasteiger partial charge in [-0.15, -0.1) is 0 Å². The van der Waals surface area contributed by atoms with Gasteiger partial charge in [-0.2, -0.15) is 0 Å². The van der Waals surface area contributed by atoms with Crippen LogP contribution in [0.3, 0.4) is 0 Å². The first-order valence-electron chi connectivity index (χ1n) is 12.4. The third-order valence-electron chi connectivity index (χ3n) is 7.03. The minimum absolute atomic E-state index is 0.0273. The second kappa shape index (κ2) is 10.4. The number of aromatic nitrogens is 1. The van der Waals surface area contributed by atoms with E-state index in [0.29, 0.717) is 42.3 Å². The van der Waals surface area contributed by atoms with Crippen LogP contribution in [0.5, 0.6) is 5.75 Å². The molecule has 10 nitrogen and oxygen atoms in total. The molecule has 1 saturated heterocycles. The van der Waals surface area contributed by atoms with Gasteiger partial charge in [0.05, 0.1) is 7.11 Å². The van der Waals surface area contributed by atoms with E-state index in [9.17, 15) is 19.2 Å². The zero-order valence-corrected chi connectivity index (χ0v) is 21.2. The molecule has 2 bridgehead atoms. The molecule has 0 radical (unpaired) electrons. The largest absolute Gasteiger partial charge is 0.497 e. The van der Waals surface area contributed by atoms with Gasteiger partial charge in [0, 0.05) is 48.2 Å². The summed E-state index contributed by atoms with van der Waals surface area (Å²) in [5.41, 5.74) is 2.52. The number of benzene rings is 2. The molecule has 5 rings (SSSR count). The predicted octanol–water partition coefficient (Wildman–Crippen LogP) is 4.35. The highest BCUT2D eigenvalue weighted by molar-refractivity contribution is 6.00. The number of amides is 4. The van der Waals surface area contributed by atoms with Gasteiger partial charge in [0.2, 0.25) is 0 Å². The van der Waals surface area contributed by atoms with E-state index in [1.165, 1.54) is 6.92 Å². The number of fused-ring (bicyclic) bond motifs is 4. The first kappa shape index (κ1) is 25.1. The number of anilines is 3. The number of rotatable bonds is 5. The van der Waals surface area contributed by atoms with Gasteiger partial charge in [0.15, 0.2) is 5.78 Å². The number of Topliss-reactive ketones (excluding diaryl/α,β-unsaturated/α-hetero) is 1. The highest BCUT2D eigenvalue weighted by Crippen LogP contribution is 2.35. The number of nitrogens with zero attached hydrogens (tertiary/aromatic N) is 2. The molecule has 2 atom stereocenters. The van der Waals surface area contributed by atoms with Crippen LogP contribution < -0.4 is 26.2 Å². The minimum Gasteiger partial charge on any atom is -0.497 e. The molecule has 1 fully saturated rings. The van der Waals surface area contributed by atoms with Crippen LogP contribution >= 0.6 is 0 Å². The van der Waals surface area contributed by atoms with Crippen molar-refractivity contribution in [3.05, 3.63) is 82.3 Å². The lowest BCUT2D eigenvalue weighted by atomic mass is 9.83. The predicted molar refractivity (Wildman–Crippen MR) is 144 cm³/mol. The molecule has 2 unspecified atom stereocenters. The fourth-order valence-corrected chi connectivity index (χ4v) is 5.16. The number of methoxy groups -OCH3 is 1. The van der Waals surface area contributed by atoms with E-state index >= 15 is 0 Å². The van der Waals surface area contributed by atoms with Gasteiger partial charge >= 0.3 is 12.1 Å². The van der Waals surface area contributed by atoms with E-state index in [0.717, 1.165) is 12.1 Å². The maximum atomic E-state index is 13.2. The molecule has 2 aliphatic heterocycles. The zero-order valence-electron chi connectivity index (χ0n) is 21.2. The summed E-state index contributed by atoms with van der Waals surface area (Å²) in [5.74, 6) is 0.810. The van der Waals surface area contributed by atoms with Crippen molar-refractivity contribution in [2.24, 2.45) is 5.92 Å². The molecule has 0 spiro atoms. The highest BCUT2D eigenvalue weighted by Gasteiger charge is 2.36. The Morgan fingerprint density at radius 2 is 1.53 bits per heavy atom. The number of piperidine rings is 1. The maximum Gasteiger partial charge on any atom is 0.323 e. The summed E-state index contributed by atoms with van der Waals surface area (Å²) in [7, 11) is 1.59. The number of ketones is 1.